The van der Waals surface area contributed by atoms with Crippen LogP contribution >= 0.6 is 35.4 Å². The third-order valence-electron chi connectivity index (χ3n) is 2.01. The van der Waals surface area contributed by atoms with Gasteiger partial charge in [0.25, 0.3) is 0 Å². The van der Waals surface area contributed by atoms with Crippen molar-refractivity contribution in [2.75, 3.05) is 0 Å². The lowest BCUT2D eigenvalue weighted by Crippen LogP contribution is -1.92. The molecular weight excluding hydrogens is 270 g/mol. The van der Waals surface area contributed by atoms with Crippen molar-refractivity contribution in [3.8, 4) is 11.3 Å². The predicted molar refractivity (Wildman–Crippen MR) is 64.8 cm³/mol. The van der Waals surface area contributed by atoms with Gasteiger partial charge in [-0.2, -0.15) is 0 Å². The number of nitrogens with zero attached hydrogens (tertiary/aromatic N) is 1. The van der Waals surface area contributed by atoms with Gasteiger partial charge in [0.15, 0.2) is 10.5 Å². The summed E-state index contributed by atoms with van der Waals surface area (Å²) in [5, 5.41) is 0.771. The minimum atomic E-state index is -0.573. The van der Waals surface area contributed by atoms with Gasteiger partial charge in [0, 0.05) is 5.56 Å². The molecule has 0 spiro atoms. The summed E-state index contributed by atoms with van der Waals surface area (Å²) in [6.45, 7) is 0. The van der Waals surface area contributed by atoms with Crippen molar-refractivity contribution < 1.29 is 4.39 Å². The number of aromatic nitrogens is 2. The fourth-order valence-electron chi connectivity index (χ4n) is 1.24. The summed E-state index contributed by atoms with van der Waals surface area (Å²) < 4.78 is 13.6. The molecule has 1 heterocycles. The topological polar surface area (TPSA) is 28.7 Å². The highest BCUT2D eigenvalue weighted by molar-refractivity contribution is 7.71. The first kappa shape index (κ1) is 11.5. The van der Waals surface area contributed by atoms with Crippen molar-refractivity contribution in [2.45, 2.75) is 0 Å². The second-order valence-electron chi connectivity index (χ2n) is 3.03. The molecule has 0 aliphatic carbocycles. The van der Waals surface area contributed by atoms with Crippen molar-refractivity contribution >= 4 is 35.4 Å². The van der Waals surface area contributed by atoms with Gasteiger partial charge in [-0.1, -0.05) is 41.5 Å². The van der Waals surface area contributed by atoms with Gasteiger partial charge in [-0.15, -0.1) is 0 Å². The molecule has 1 aromatic carbocycles. The van der Waals surface area contributed by atoms with Crippen LogP contribution in [0, 0.1) is 10.5 Å². The maximum Gasteiger partial charge on any atom is 0.183 e. The van der Waals surface area contributed by atoms with Crippen LogP contribution in [-0.4, -0.2) is 9.97 Å². The fraction of sp³-hybridized carbons (Fsp3) is 0. The molecular formula is C10H5Cl2FN2S. The van der Waals surface area contributed by atoms with Crippen LogP contribution < -0.4 is 0 Å². The summed E-state index contributed by atoms with van der Waals surface area (Å²) >= 11 is 16.4. The molecule has 0 saturated heterocycles. The molecule has 0 aliphatic heterocycles. The molecule has 0 aliphatic rings. The van der Waals surface area contributed by atoms with Gasteiger partial charge in [-0.25, -0.2) is 9.37 Å². The predicted octanol–water partition coefficient (Wildman–Crippen LogP) is 4.25. The SMILES string of the molecule is Fc1c(-c2ccc(Cl)c(Cl)c2)[nH]cnc1=S. The van der Waals surface area contributed by atoms with Crippen molar-refractivity contribution in [1.29, 1.82) is 0 Å². The van der Waals surface area contributed by atoms with E-state index in [1.165, 1.54) is 6.33 Å². The van der Waals surface area contributed by atoms with E-state index < -0.39 is 5.82 Å². The number of nitrogens with one attached hydrogen (secondary N) is 1. The molecule has 1 N–H and O–H groups in total. The molecule has 2 aromatic rings. The Labute approximate surface area is 106 Å². The number of H-pyrrole nitrogens is 1. The molecule has 0 radical (unpaired) electrons. The van der Waals surface area contributed by atoms with Crippen LogP contribution in [0.2, 0.25) is 10.0 Å². The molecule has 2 rings (SSSR count). The van der Waals surface area contributed by atoms with E-state index in [-0.39, 0.29) is 10.3 Å². The number of aromatic amines is 1. The summed E-state index contributed by atoms with van der Waals surface area (Å²) in [7, 11) is 0. The molecule has 6 heteroatoms. The smallest absolute Gasteiger partial charge is 0.183 e. The maximum atomic E-state index is 13.6. The molecule has 0 fully saturated rings. The largest absolute Gasteiger partial charge is 0.343 e. The molecule has 1 aromatic heterocycles. The van der Waals surface area contributed by atoms with Crippen LogP contribution in [0.3, 0.4) is 0 Å². The van der Waals surface area contributed by atoms with Crippen LogP contribution in [-0.2, 0) is 0 Å². The van der Waals surface area contributed by atoms with Crippen LogP contribution in [0.5, 0.6) is 0 Å². The second-order valence-corrected chi connectivity index (χ2v) is 4.23. The summed E-state index contributed by atoms with van der Waals surface area (Å²) in [5.41, 5.74) is 0.818. The van der Waals surface area contributed by atoms with Gasteiger partial charge in [-0.05, 0) is 12.1 Å². The van der Waals surface area contributed by atoms with Gasteiger partial charge < -0.3 is 4.98 Å². The monoisotopic (exact) mass is 274 g/mol. The Morgan fingerprint density at radius 2 is 2.00 bits per heavy atom. The summed E-state index contributed by atoms with van der Waals surface area (Å²) in [5.74, 6) is -0.573. The first-order valence-electron chi connectivity index (χ1n) is 4.28. The Morgan fingerprint density at radius 3 is 2.69 bits per heavy atom. The van der Waals surface area contributed by atoms with Gasteiger partial charge in [0.05, 0.1) is 22.1 Å². The molecule has 0 atom stereocenters. The quantitative estimate of drug-likeness (QED) is 0.788. The van der Waals surface area contributed by atoms with E-state index in [9.17, 15) is 4.39 Å². The lowest BCUT2D eigenvalue weighted by atomic mass is 10.1. The fourth-order valence-corrected chi connectivity index (χ4v) is 1.70. The van der Waals surface area contributed by atoms with Crippen molar-refractivity contribution in [3.63, 3.8) is 0 Å². The van der Waals surface area contributed by atoms with Crippen molar-refractivity contribution in [2.24, 2.45) is 0 Å². The minimum absolute atomic E-state index is 0.0835. The van der Waals surface area contributed by atoms with Crippen molar-refractivity contribution in [3.05, 3.63) is 45.0 Å². The van der Waals surface area contributed by atoms with Crippen LogP contribution in [0.1, 0.15) is 0 Å². The highest BCUT2D eigenvalue weighted by Crippen LogP contribution is 2.28. The zero-order valence-electron chi connectivity index (χ0n) is 7.80. The Kier molecular flexibility index (Phi) is 3.23. The first-order chi connectivity index (χ1) is 7.59. The molecule has 0 bridgehead atoms. The number of rotatable bonds is 1. The molecule has 0 unspecified atom stereocenters. The van der Waals surface area contributed by atoms with Crippen LogP contribution in [0.25, 0.3) is 11.3 Å². The standard InChI is InChI=1S/C10H5Cl2FN2S/c11-6-2-1-5(3-7(6)12)9-8(13)10(16)15-4-14-9/h1-4H,(H,14,15,16). The Bertz CT molecular complexity index is 598. The van der Waals surface area contributed by atoms with E-state index in [1.807, 2.05) is 0 Å². The van der Waals surface area contributed by atoms with Gasteiger partial charge in [0.2, 0.25) is 0 Å². The Morgan fingerprint density at radius 1 is 1.25 bits per heavy atom. The second kappa shape index (κ2) is 4.49. The average Bonchev–Trinajstić information content (AvgIpc) is 2.26. The van der Waals surface area contributed by atoms with E-state index in [0.717, 1.165) is 0 Å². The molecule has 2 nitrogen and oxygen atoms in total. The summed E-state index contributed by atoms with van der Waals surface area (Å²) in [4.78, 5) is 6.32. The average molecular weight is 275 g/mol. The number of halogens is 3. The van der Waals surface area contributed by atoms with Crippen LogP contribution in [0.15, 0.2) is 24.5 Å². The van der Waals surface area contributed by atoms with E-state index in [0.29, 0.717) is 15.6 Å². The van der Waals surface area contributed by atoms with E-state index in [2.05, 4.69) is 9.97 Å². The van der Waals surface area contributed by atoms with E-state index in [4.69, 9.17) is 35.4 Å². The molecule has 16 heavy (non-hydrogen) atoms. The molecule has 82 valence electrons. The lowest BCUT2D eigenvalue weighted by Gasteiger charge is -2.04. The third kappa shape index (κ3) is 2.09. The third-order valence-corrected chi connectivity index (χ3v) is 3.03. The number of hydrogen-bond acceptors (Lipinski definition) is 2. The lowest BCUT2D eigenvalue weighted by molar-refractivity contribution is 0.613. The van der Waals surface area contributed by atoms with E-state index in [1.54, 1.807) is 18.2 Å². The highest BCUT2D eigenvalue weighted by Gasteiger charge is 2.09. The van der Waals surface area contributed by atoms with Crippen molar-refractivity contribution in [1.82, 2.24) is 9.97 Å². The van der Waals surface area contributed by atoms with Crippen LogP contribution in [0.4, 0.5) is 4.39 Å². The Balaban J connectivity index is 2.63. The molecule has 0 saturated carbocycles. The van der Waals surface area contributed by atoms with E-state index >= 15 is 0 Å². The number of benzene rings is 1. The van der Waals surface area contributed by atoms with Gasteiger partial charge in [-0.3, -0.25) is 0 Å². The zero-order chi connectivity index (χ0) is 11.7. The number of hydrogen-bond donors (Lipinski definition) is 1. The summed E-state index contributed by atoms with van der Waals surface area (Å²) in [6, 6.07) is 4.81. The summed E-state index contributed by atoms with van der Waals surface area (Å²) in [6.07, 6.45) is 1.34. The van der Waals surface area contributed by atoms with Gasteiger partial charge >= 0.3 is 0 Å². The minimum Gasteiger partial charge on any atom is -0.343 e. The zero-order valence-corrected chi connectivity index (χ0v) is 10.1. The first-order valence-corrected chi connectivity index (χ1v) is 5.44. The highest BCUT2D eigenvalue weighted by atomic mass is 35.5. The Hall–Kier alpha value is -0.970. The normalized spacial score (nSPS) is 10.4. The maximum absolute atomic E-state index is 13.6. The molecule has 0 amide bonds. The van der Waals surface area contributed by atoms with Gasteiger partial charge in [0.1, 0.15) is 0 Å².